The van der Waals surface area contributed by atoms with E-state index in [4.69, 9.17) is 0 Å². The number of thioether (sulfide) groups is 1. The zero-order valence-corrected chi connectivity index (χ0v) is 11.9. The Morgan fingerprint density at radius 3 is 1.86 bits per heavy atom. The molecule has 1 heteroatoms. The summed E-state index contributed by atoms with van der Waals surface area (Å²) in [7, 11) is 0. The number of rotatable bonds is 6. The van der Waals surface area contributed by atoms with Gasteiger partial charge in [0.25, 0.3) is 0 Å². The molecule has 0 radical (unpaired) electrons. The van der Waals surface area contributed by atoms with E-state index < -0.39 is 0 Å². The summed E-state index contributed by atoms with van der Waals surface area (Å²) in [4.78, 5) is 0. The van der Waals surface area contributed by atoms with Crippen LogP contribution in [-0.4, -0.2) is 10.00 Å². The van der Waals surface area contributed by atoms with Crippen LogP contribution < -0.4 is 0 Å². The lowest BCUT2D eigenvalue weighted by atomic mass is 9.86. The average molecular weight is 216 g/mol. The maximum absolute atomic E-state index is 2.44. The molecule has 0 bridgehead atoms. The van der Waals surface area contributed by atoms with Gasteiger partial charge in [0.15, 0.2) is 0 Å². The lowest BCUT2D eigenvalue weighted by Crippen LogP contribution is -2.31. The Kier molecular flexibility index (Phi) is 6.20. The number of hydrogen-bond acceptors (Lipinski definition) is 1. The summed E-state index contributed by atoms with van der Waals surface area (Å²) in [5.41, 5.74) is 0. The van der Waals surface area contributed by atoms with E-state index in [1.54, 1.807) is 0 Å². The zero-order chi connectivity index (χ0) is 11.4. The van der Waals surface area contributed by atoms with Gasteiger partial charge in [0.2, 0.25) is 0 Å². The van der Waals surface area contributed by atoms with Crippen molar-refractivity contribution in [2.45, 2.75) is 71.3 Å². The summed E-state index contributed by atoms with van der Waals surface area (Å²) < 4.78 is 0.462. The predicted octanol–water partition coefficient (Wildman–Crippen LogP) is 4.98. The van der Waals surface area contributed by atoms with Gasteiger partial charge in [0, 0.05) is 4.75 Å². The Balaban J connectivity index is 4.39. The summed E-state index contributed by atoms with van der Waals surface area (Å²) in [6.07, 6.45) is 2.66. The van der Waals surface area contributed by atoms with Gasteiger partial charge < -0.3 is 0 Å². The summed E-state index contributed by atoms with van der Waals surface area (Å²) in [5.74, 6) is 1.62. The van der Waals surface area contributed by atoms with E-state index >= 15 is 0 Å². The molecule has 0 aromatic heterocycles. The molecule has 0 aliphatic carbocycles. The van der Waals surface area contributed by atoms with Crippen molar-refractivity contribution >= 4 is 11.8 Å². The summed E-state index contributed by atoms with van der Waals surface area (Å²) >= 11 is 2.15. The van der Waals surface area contributed by atoms with Crippen LogP contribution in [0.15, 0.2) is 0 Å². The van der Waals surface area contributed by atoms with E-state index in [-0.39, 0.29) is 0 Å². The van der Waals surface area contributed by atoms with Gasteiger partial charge in [-0.15, -0.1) is 0 Å². The maximum Gasteiger partial charge on any atom is 0.0159 e. The largest absolute Gasteiger partial charge is 0.152 e. The highest BCUT2D eigenvalue weighted by atomic mass is 32.2. The highest BCUT2D eigenvalue weighted by Crippen LogP contribution is 2.41. The second kappa shape index (κ2) is 6.05. The topological polar surface area (TPSA) is 0 Å². The van der Waals surface area contributed by atoms with Gasteiger partial charge in [-0.3, -0.25) is 0 Å². The quantitative estimate of drug-likeness (QED) is 0.603. The fourth-order valence-corrected chi connectivity index (χ4v) is 3.52. The van der Waals surface area contributed by atoms with Gasteiger partial charge in [-0.05, 0) is 23.5 Å². The first-order valence-corrected chi connectivity index (χ1v) is 6.87. The highest BCUT2D eigenvalue weighted by Gasteiger charge is 2.31. The fraction of sp³-hybridized carbons (Fsp3) is 1.00. The summed E-state index contributed by atoms with van der Waals surface area (Å²) in [5, 5.41) is 0.742. The Labute approximate surface area is 95.2 Å². The molecule has 0 N–H and O–H groups in total. The van der Waals surface area contributed by atoms with Crippen molar-refractivity contribution in [3.05, 3.63) is 0 Å². The van der Waals surface area contributed by atoms with E-state index in [1.165, 1.54) is 12.8 Å². The lowest BCUT2D eigenvalue weighted by Gasteiger charge is -2.37. The average Bonchev–Trinajstić information content (AvgIpc) is 2.02. The monoisotopic (exact) mass is 216 g/mol. The van der Waals surface area contributed by atoms with Crippen LogP contribution in [0.5, 0.6) is 0 Å². The third-order valence-electron chi connectivity index (χ3n) is 3.18. The number of hydrogen-bond donors (Lipinski definition) is 0. The molecule has 0 aromatic rings. The zero-order valence-electron chi connectivity index (χ0n) is 11.1. The van der Waals surface area contributed by atoms with E-state index in [0.29, 0.717) is 4.75 Å². The molecule has 0 saturated carbocycles. The van der Waals surface area contributed by atoms with E-state index in [0.717, 1.165) is 17.1 Å². The van der Waals surface area contributed by atoms with Gasteiger partial charge in [0.1, 0.15) is 0 Å². The smallest absolute Gasteiger partial charge is 0.0159 e. The molecular formula is C13H28S. The van der Waals surface area contributed by atoms with Crippen molar-refractivity contribution in [2.75, 3.05) is 0 Å². The standard InChI is InChI=1S/C13H28S/c1-8-12(6)9-13(7,10(2)3)14-11(4)5/h10-12H,8-9H2,1-7H3. The molecule has 0 aliphatic rings. The van der Waals surface area contributed by atoms with Crippen molar-refractivity contribution in [1.29, 1.82) is 0 Å². The van der Waals surface area contributed by atoms with Gasteiger partial charge >= 0.3 is 0 Å². The molecule has 14 heavy (non-hydrogen) atoms. The molecule has 2 atom stereocenters. The molecule has 0 heterocycles. The van der Waals surface area contributed by atoms with Crippen LogP contribution in [0.4, 0.5) is 0 Å². The molecular weight excluding hydrogens is 188 g/mol. The third kappa shape index (κ3) is 4.72. The predicted molar refractivity (Wildman–Crippen MR) is 70.0 cm³/mol. The first kappa shape index (κ1) is 14.3. The first-order valence-electron chi connectivity index (χ1n) is 5.99. The lowest BCUT2D eigenvalue weighted by molar-refractivity contribution is 0.363. The summed E-state index contributed by atoms with van der Waals surface area (Å²) in [6, 6.07) is 0. The van der Waals surface area contributed by atoms with Crippen LogP contribution in [0, 0.1) is 11.8 Å². The molecule has 0 amide bonds. The van der Waals surface area contributed by atoms with Gasteiger partial charge in [0.05, 0.1) is 0 Å². The van der Waals surface area contributed by atoms with E-state index in [2.05, 4.69) is 60.2 Å². The maximum atomic E-state index is 2.44. The molecule has 0 fully saturated rings. The minimum absolute atomic E-state index is 0.462. The Bertz CT molecular complexity index is 151. The summed E-state index contributed by atoms with van der Waals surface area (Å²) in [6.45, 7) is 16.4. The van der Waals surface area contributed by atoms with Crippen molar-refractivity contribution in [3.8, 4) is 0 Å². The van der Waals surface area contributed by atoms with Crippen LogP contribution in [0.2, 0.25) is 0 Å². The van der Waals surface area contributed by atoms with Gasteiger partial charge in [-0.25, -0.2) is 0 Å². The van der Waals surface area contributed by atoms with Crippen LogP contribution in [0.3, 0.4) is 0 Å². The molecule has 0 aliphatic heterocycles. The van der Waals surface area contributed by atoms with Crippen molar-refractivity contribution in [2.24, 2.45) is 11.8 Å². The minimum Gasteiger partial charge on any atom is -0.152 e. The Morgan fingerprint density at radius 1 is 1.07 bits per heavy atom. The van der Waals surface area contributed by atoms with E-state index in [9.17, 15) is 0 Å². The van der Waals surface area contributed by atoms with Crippen molar-refractivity contribution in [1.82, 2.24) is 0 Å². The second-order valence-corrected chi connectivity index (χ2v) is 7.46. The van der Waals surface area contributed by atoms with Crippen molar-refractivity contribution in [3.63, 3.8) is 0 Å². The normalized spacial score (nSPS) is 18.6. The molecule has 0 rings (SSSR count). The molecule has 0 spiro atoms. The SMILES string of the molecule is CCC(C)CC(C)(SC(C)C)C(C)C. The van der Waals surface area contributed by atoms with Crippen LogP contribution >= 0.6 is 11.8 Å². The third-order valence-corrected chi connectivity index (χ3v) is 4.82. The first-order chi connectivity index (χ1) is 6.31. The fourth-order valence-electron chi connectivity index (χ4n) is 1.79. The molecule has 2 unspecified atom stereocenters. The Hall–Kier alpha value is 0.350. The van der Waals surface area contributed by atoms with Gasteiger partial charge in [-0.2, -0.15) is 11.8 Å². The van der Waals surface area contributed by atoms with E-state index in [1.807, 2.05) is 0 Å². The molecule has 0 nitrogen and oxygen atoms in total. The van der Waals surface area contributed by atoms with Gasteiger partial charge in [-0.1, -0.05) is 54.9 Å². The highest BCUT2D eigenvalue weighted by molar-refractivity contribution is 8.01. The second-order valence-electron chi connectivity index (χ2n) is 5.35. The minimum atomic E-state index is 0.462. The molecule has 0 saturated heterocycles. The van der Waals surface area contributed by atoms with Crippen LogP contribution in [0.25, 0.3) is 0 Å². The molecule has 86 valence electrons. The van der Waals surface area contributed by atoms with Crippen molar-refractivity contribution < 1.29 is 0 Å². The molecule has 0 aromatic carbocycles. The van der Waals surface area contributed by atoms with Crippen LogP contribution in [0.1, 0.15) is 61.3 Å². The Morgan fingerprint density at radius 2 is 1.57 bits per heavy atom. The van der Waals surface area contributed by atoms with Crippen LogP contribution in [-0.2, 0) is 0 Å².